The minimum Gasteiger partial charge on any atom is -0.284 e. The first-order chi connectivity index (χ1) is 14.3. The summed E-state index contributed by atoms with van der Waals surface area (Å²) < 4.78 is 25.6. The fourth-order valence-corrected chi connectivity index (χ4v) is 4.75. The van der Waals surface area contributed by atoms with Gasteiger partial charge in [0.25, 0.3) is 5.91 Å². The molecule has 8 heteroatoms. The van der Waals surface area contributed by atoms with E-state index in [1.165, 1.54) is 0 Å². The lowest BCUT2D eigenvalue weighted by atomic mass is 10.0. The van der Waals surface area contributed by atoms with Crippen molar-refractivity contribution in [2.24, 2.45) is 5.10 Å². The molecule has 1 atom stereocenters. The van der Waals surface area contributed by atoms with Crippen LogP contribution < -0.4 is 4.72 Å². The van der Waals surface area contributed by atoms with E-state index in [0.29, 0.717) is 17.7 Å². The molecule has 4 rings (SSSR count). The minimum atomic E-state index is -3.38. The Bertz CT molecular complexity index is 1200. The third-order valence-corrected chi connectivity index (χ3v) is 6.37. The van der Waals surface area contributed by atoms with Crippen molar-refractivity contribution in [1.82, 2.24) is 5.01 Å². The zero-order valence-corrected chi connectivity index (χ0v) is 18.2. The molecule has 0 bridgehead atoms. The van der Waals surface area contributed by atoms with Gasteiger partial charge in [0.2, 0.25) is 10.0 Å². The summed E-state index contributed by atoms with van der Waals surface area (Å²) in [6.45, 7) is 1.98. The van der Waals surface area contributed by atoms with Crippen molar-refractivity contribution in [3.63, 3.8) is 0 Å². The fourth-order valence-electron chi connectivity index (χ4n) is 3.38. The van der Waals surface area contributed by atoms with Gasteiger partial charge >= 0.3 is 0 Å². The van der Waals surface area contributed by atoms with E-state index in [9.17, 15) is 13.2 Å². The smallest absolute Gasteiger partial charge is 0.274 e. The number of carbonyl (C=O) groups is 1. The van der Waals surface area contributed by atoms with E-state index in [1.54, 1.807) is 34.5 Å². The lowest BCUT2D eigenvalue weighted by molar-refractivity contribution is 0.0714. The predicted molar refractivity (Wildman–Crippen MR) is 120 cm³/mol. The van der Waals surface area contributed by atoms with Crippen molar-refractivity contribution in [2.75, 3.05) is 11.0 Å². The number of sulfonamides is 1. The number of nitrogens with one attached hydrogen (secondary N) is 1. The molecule has 6 nitrogen and oxygen atoms in total. The Morgan fingerprint density at radius 2 is 1.90 bits per heavy atom. The molecule has 0 fully saturated rings. The van der Waals surface area contributed by atoms with E-state index in [4.69, 9.17) is 0 Å². The Morgan fingerprint density at radius 1 is 1.13 bits per heavy atom. The molecule has 3 aromatic rings. The minimum absolute atomic E-state index is 0.159. The molecule has 0 saturated heterocycles. The van der Waals surface area contributed by atoms with Gasteiger partial charge in [-0.05, 0) is 48.2 Å². The topological polar surface area (TPSA) is 78.8 Å². The van der Waals surface area contributed by atoms with Crippen molar-refractivity contribution >= 4 is 38.7 Å². The van der Waals surface area contributed by atoms with Gasteiger partial charge in [-0.15, -0.1) is 11.3 Å². The molecule has 0 saturated carbocycles. The summed E-state index contributed by atoms with van der Waals surface area (Å²) in [5, 5.41) is 8.19. The van der Waals surface area contributed by atoms with E-state index in [-0.39, 0.29) is 11.9 Å². The lowest BCUT2D eigenvalue weighted by Crippen LogP contribution is -2.26. The van der Waals surface area contributed by atoms with Crippen LogP contribution in [0.4, 0.5) is 5.69 Å². The van der Waals surface area contributed by atoms with Gasteiger partial charge in [-0.1, -0.05) is 35.9 Å². The van der Waals surface area contributed by atoms with Crippen LogP contribution in [0.3, 0.4) is 0 Å². The molecule has 1 aliphatic heterocycles. The van der Waals surface area contributed by atoms with Crippen LogP contribution in [0, 0.1) is 6.92 Å². The first-order valence-corrected chi connectivity index (χ1v) is 12.2. The number of hydrazone groups is 1. The molecule has 1 N–H and O–H groups in total. The van der Waals surface area contributed by atoms with Gasteiger partial charge in [0.15, 0.2) is 0 Å². The first-order valence-electron chi connectivity index (χ1n) is 9.39. The Kier molecular flexibility index (Phi) is 5.44. The number of hydrogen-bond acceptors (Lipinski definition) is 5. The third kappa shape index (κ3) is 4.44. The molecule has 154 valence electrons. The van der Waals surface area contributed by atoms with Gasteiger partial charge in [0.1, 0.15) is 0 Å². The van der Waals surface area contributed by atoms with E-state index in [1.807, 2.05) is 54.8 Å². The molecule has 1 aliphatic rings. The molecule has 30 heavy (non-hydrogen) atoms. The van der Waals surface area contributed by atoms with E-state index >= 15 is 0 Å². The van der Waals surface area contributed by atoms with Crippen molar-refractivity contribution < 1.29 is 13.2 Å². The van der Waals surface area contributed by atoms with Crippen LogP contribution in [0.2, 0.25) is 0 Å². The van der Waals surface area contributed by atoms with Gasteiger partial charge in [0.05, 0.1) is 18.0 Å². The normalized spacial score (nSPS) is 16.4. The van der Waals surface area contributed by atoms with Crippen LogP contribution >= 0.6 is 11.3 Å². The van der Waals surface area contributed by atoms with Gasteiger partial charge in [-0.3, -0.25) is 9.52 Å². The Hall–Kier alpha value is -2.97. The summed E-state index contributed by atoms with van der Waals surface area (Å²) in [5.41, 5.74) is 3.66. The summed E-state index contributed by atoms with van der Waals surface area (Å²) in [6.07, 6.45) is 1.67. The Morgan fingerprint density at radius 3 is 2.57 bits per heavy atom. The number of aryl methyl sites for hydroxylation is 1. The standard InChI is InChI=1S/C22H21N3O3S2/c1-15-8-10-16(11-9-15)22(26)25-20(21-7-4-12-29-21)14-19(23-25)17-5-3-6-18(13-17)24-30(2,27)28/h3-13,20,24H,14H2,1-2H3/t20-/m0/s1. The summed E-state index contributed by atoms with van der Waals surface area (Å²) in [4.78, 5) is 14.3. The predicted octanol–water partition coefficient (Wildman–Crippen LogP) is 4.42. The molecule has 1 aromatic heterocycles. The van der Waals surface area contributed by atoms with Gasteiger partial charge in [-0.2, -0.15) is 5.10 Å². The maximum Gasteiger partial charge on any atom is 0.274 e. The van der Waals surface area contributed by atoms with Crippen LogP contribution in [0.15, 0.2) is 71.1 Å². The number of rotatable bonds is 5. The molecule has 2 heterocycles. The van der Waals surface area contributed by atoms with E-state index < -0.39 is 10.0 Å². The maximum absolute atomic E-state index is 13.2. The first kappa shape index (κ1) is 20.3. The Labute approximate surface area is 179 Å². The number of amides is 1. The number of hydrogen-bond donors (Lipinski definition) is 1. The van der Waals surface area contributed by atoms with Crippen LogP contribution in [-0.4, -0.2) is 31.3 Å². The number of benzene rings is 2. The lowest BCUT2D eigenvalue weighted by Gasteiger charge is -2.20. The highest BCUT2D eigenvalue weighted by Crippen LogP contribution is 2.36. The highest BCUT2D eigenvalue weighted by molar-refractivity contribution is 7.92. The van der Waals surface area contributed by atoms with Crippen LogP contribution in [-0.2, 0) is 10.0 Å². The van der Waals surface area contributed by atoms with Crippen molar-refractivity contribution in [3.05, 3.63) is 87.6 Å². The Balaban J connectivity index is 1.69. The number of thiophene rings is 1. The zero-order chi connectivity index (χ0) is 21.3. The average molecular weight is 440 g/mol. The molecule has 1 amide bonds. The highest BCUT2D eigenvalue weighted by atomic mass is 32.2. The molecule has 0 unspecified atom stereocenters. The summed E-state index contributed by atoms with van der Waals surface area (Å²) in [7, 11) is -3.38. The van der Waals surface area contributed by atoms with Crippen molar-refractivity contribution in [2.45, 2.75) is 19.4 Å². The molecular weight excluding hydrogens is 418 g/mol. The van der Waals surface area contributed by atoms with Crippen LogP contribution in [0.25, 0.3) is 0 Å². The SMILES string of the molecule is Cc1ccc(C(=O)N2N=C(c3cccc(NS(C)(=O)=O)c3)C[C@H]2c2cccs2)cc1. The molecule has 0 aliphatic carbocycles. The van der Waals surface area contributed by atoms with Crippen LogP contribution in [0.1, 0.15) is 38.8 Å². The largest absolute Gasteiger partial charge is 0.284 e. The maximum atomic E-state index is 13.2. The molecule has 2 aromatic carbocycles. The van der Waals surface area contributed by atoms with E-state index in [0.717, 1.165) is 28.0 Å². The summed E-state index contributed by atoms with van der Waals surface area (Å²) >= 11 is 1.59. The molecular formula is C22H21N3O3S2. The average Bonchev–Trinajstić information content (AvgIpc) is 3.37. The highest BCUT2D eigenvalue weighted by Gasteiger charge is 2.34. The summed E-state index contributed by atoms with van der Waals surface area (Å²) in [5.74, 6) is -0.159. The second kappa shape index (κ2) is 8.04. The quantitative estimate of drug-likeness (QED) is 0.639. The van der Waals surface area contributed by atoms with Crippen molar-refractivity contribution in [3.8, 4) is 0 Å². The van der Waals surface area contributed by atoms with Crippen molar-refractivity contribution in [1.29, 1.82) is 0 Å². The van der Waals surface area contributed by atoms with Crippen LogP contribution in [0.5, 0.6) is 0 Å². The van der Waals surface area contributed by atoms with E-state index in [2.05, 4.69) is 9.82 Å². The number of anilines is 1. The second-order valence-corrected chi connectivity index (χ2v) is 9.98. The zero-order valence-electron chi connectivity index (χ0n) is 16.6. The number of carbonyl (C=O) groups excluding carboxylic acids is 1. The third-order valence-electron chi connectivity index (χ3n) is 4.79. The van der Waals surface area contributed by atoms with Gasteiger partial charge in [-0.25, -0.2) is 13.4 Å². The fraction of sp³-hybridized carbons (Fsp3) is 0.182. The monoisotopic (exact) mass is 439 g/mol. The van der Waals surface area contributed by atoms with Gasteiger partial charge < -0.3 is 0 Å². The summed E-state index contributed by atoms with van der Waals surface area (Å²) in [6, 6.07) is 18.3. The number of nitrogens with zero attached hydrogens (tertiary/aromatic N) is 2. The molecule has 0 radical (unpaired) electrons. The second-order valence-electron chi connectivity index (χ2n) is 7.25. The molecule has 0 spiro atoms. The van der Waals surface area contributed by atoms with Gasteiger partial charge in [0, 0.05) is 22.5 Å².